The normalized spacial score (nSPS) is 11.0. The van der Waals surface area contributed by atoms with Crippen LogP contribution in [0.4, 0.5) is 45.5 Å². The highest BCUT2D eigenvalue weighted by Crippen LogP contribution is 2.56. The fraction of sp³-hybridized carbons (Fsp3) is 0.0753. The number of benzene rings is 15. The van der Waals surface area contributed by atoms with Crippen LogP contribution in [-0.4, -0.2) is 7.85 Å². The molecule has 0 amide bonds. The summed E-state index contributed by atoms with van der Waals surface area (Å²) in [5.41, 5.74) is 71.7. The first kappa shape index (κ1) is 72.8. The SMILES string of the molecule is Cc1ccc(C2(c3ccc(N)cc3)c3ccccc3-c3ccccc32)cc1.Cc1ccc(Cc2ccc(N)cc2)cc1.Cc1ccc(N)cc1.Cc1ccc(Oc2ccc(N)cc2)cc1.Nc1ccc(N)c2ccccc12.Nc1cccc2cccc(N)c12.[B]c1ccc(-c2ccc(C)cc2)cc1. The summed E-state index contributed by atoms with van der Waals surface area (Å²) in [5, 5.41) is 4.10. The molecule has 0 fully saturated rings. The lowest BCUT2D eigenvalue weighted by molar-refractivity contribution is 0.482. The van der Waals surface area contributed by atoms with Crippen molar-refractivity contribution < 1.29 is 4.74 Å². The number of hydrogen-bond donors (Lipinski definition) is 8. The van der Waals surface area contributed by atoms with Gasteiger partial charge in [-0.2, -0.15) is 0 Å². The molecule has 0 heterocycles. The van der Waals surface area contributed by atoms with Gasteiger partial charge in [0.2, 0.25) is 0 Å². The van der Waals surface area contributed by atoms with Crippen molar-refractivity contribution >= 4 is 80.4 Å². The molecule has 0 spiro atoms. The number of rotatable bonds is 7. The predicted molar refractivity (Wildman–Crippen MR) is 443 cm³/mol. The Balaban J connectivity index is 0.000000133. The van der Waals surface area contributed by atoms with E-state index in [2.05, 4.69) is 166 Å². The second kappa shape index (κ2) is 34.7. The molecule has 0 bridgehead atoms. The van der Waals surface area contributed by atoms with E-state index in [1.165, 1.54) is 83.5 Å². The lowest BCUT2D eigenvalue weighted by Gasteiger charge is -2.34. The minimum atomic E-state index is -0.325. The van der Waals surface area contributed by atoms with E-state index in [1.54, 1.807) is 0 Å². The molecule has 0 aromatic heterocycles. The van der Waals surface area contributed by atoms with Gasteiger partial charge in [0.25, 0.3) is 0 Å². The van der Waals surface area contributed by atoms with Crippen molar-refractivity contribution in [1.29, 1.82) is 0 Å². The maximum Gasteiger partial charge on any atom is 0.127 e. The molecule has 0 unspecified atom stereocenters. The summed E-state index contributed by atoms with van der Waals surface area (Å²) in [6, 6.07) is 114. The Hall–Kier alpha value is -12.9. The van der Waals surface area contributed by atoms with Crippen molar-refractivity contribution in [2.45, 2.75) is 46.5 Å². The first-order valence-electron chi connectivity index (χ1n) is 34.2. The number of fused-ring (bicyclic) bond motifs is 5. The summed E-state index contributed by atoms with van der Waals surface area (Å²) in [5.74, 6) is 1.64. The first-order valence-corrected chi connectivity index (χ1v) is 34.2. The largest absolute Gasteiger partial charge is 0.457 e. The van der Waals surface area contributed by atoms with Crippen LogP contribution in [0, 0.1) is 34.6 Å². The smallest absolute Gasteiger partial charge is 0.127 e. The van der Waals surface area contributed by atoms with Gasteiger partial charge in [-0.1, -0.05) is 276 Å². The summed E-state index contributed by atoms with van der Waals surface area (Å²) in [6.45, 7) is 10.4. The lowest BCUT2D eigenvalue weighted by atomic mass is 9.67. The van der Waals surface area contributed by atoms with Crippen LogP contribution in [0.3, 0.4) is 0 Å². The predicted octanol–water partition coefficient (Wildman–Crippen LogP) is 20.5. The van der Waals surface area contributed by atoms with Crippen molar-refractivity contribution in [3.63, 3.8) is 0 Å². The van der Waals surface area contributed by atoms with Crippen LogP contribution in [0.1, 0.15) is 61.2 Å². The van der Waals surface area contributed by atoms with E-state index in [9.17, 15) is 0 Å². The Labute approximate surface area is 608 Å². The van der Waals surface area contributed by atoms with Gasteiger partial charge < -0.3 is 50.6 Å². The van der Waals surface area contributed by atoms with Gasteiger partial charge >= 0.3 is 0 Å². The van der Waals surface area contributed by atoms with E-state index >= 15 is 0 Å². The third-order valence-electron chi connectivity index (χ3n) is 17.8. The minimum absolute atomic E-state index is 0.325. The second-order valence-electron chi connectivity index (χ2n) is 25.7. The summed E-state index contributed by atoms with van der Waals surface area (Å²) < 4.78 is 5.63. The zero-order chi connectivity index (χ0) is 72.8. The molecule has 10 heteroatoms. The molecule has 15 aromatic carbocycles. The molecule has 510 valence electrons. The molecule has 0 atom stereocenters. The van der Waals surface area contributed by atoms with Gasteiger partial charge in [0, 0.05) is 61.7 Å². The van der Waals surface area contributed by atoms with Crippen molar-refractivity contribution in [2.75, 3.05) is 45.9 Å². The fourth-order valence-electron chi connectivity index (χ4n) is 12.1. The monoisotopic (exact) mass is 1340 g/mol. The Morgan fingerprint density at radius 2 is 0.592 bits per heavy atom. The highest BCUT2D eigenvalue weighted by molar-refractivity contribution is 6.32. The van der Waals surface area contributed by atoms with Gasteiger partial charge in [-0.25, -0.2) is 0 Å². The fourth-order valence-corrected chi connectivity index (χ4v) is 12.1. The maximum atomic E-state index is 6.02. The molecule has 2 radical (unpaired) electrons. The van der Waals surface area contributed by atoms with Crippen LogP contribution in [0.2, 0.25) is 0 Å². The molecule has 16 N–H and O–H groups in total. The van der Waals surface area contributed by atoms with Gasteiger partial charge in [-0.15, -0.1) is 0 Å². The molecule has 15 aromatic rings. The van der Waals surface area contributed by atoms with Gasteiger partial charge in [0.05, 0.1) is 5.41 Å². The van der Waals surface area contributed by atoms with E-state index in [1.807, 2.05) is 208 Å². The summed E-state index contributed by atoms with van der Waals surface area (Å²) in [6.07, 6.45) is 0.973. The highest BCUT2D eigenvalue weighted by atomic mass is 16.5. The van der Waals surface area contributed by atoms with E-state index < -0.39 is 0 Å². The number of ether oxygens (including phenoxy) is 1. The third-order valence-corrected chi connectivity index (χ3v) is 17.8. The summed E-state index contributed by atoms with van der Waals surface area (Å²) in [7, 11) is 5.63. The standard InChI is InChI=1S/C26H21N.C14H15N.C13H11B.C13H13NO.2C10H10N2.C7H9N/c1-18-10-12-19(13-11-18)26(20-14-16-21(27)17-15-20)24-8-4-2-6-22(24)23-7-3-5-9-25(23)26;1-11-2-4-12(5-3-11)10-13-6-8-14(15)9-7-13;1-10-2-4-11(5-3-10)12-6-8-13(14)9-7-12;1-10-2-6-12(7-3-10)15-13-8-4-11(14)5-9-13;11-8-5-1-3-7-4-2-6-9(12)10(7)8;11-9-5-6-10(12)8-4-2-1-3-7(8)9;1-6-2-4-7(8)5-3-6/h2-17H,27H2,1H3;2-9H,10,15H2,1H3;2-9H,1H3;2-9H,14H2,1H3;2*1-6H,11-12H2;2-5H,8H2,1H3. The molecule has 103 heavy (non-hydrogen) atoms. The van der Waals surface area contributed by atoms with Crippen molar-refractivity contribution in [2.24, 2.45) is 0 Å². The molecule has 1 aliphatic rings. The zero-order valence-corrected chi connectivity index (χ0v) is 59.1. The molecule has 0 saturated carbocycles. The Kier molecular flexibility index (Phi) is 24.6. The molecule has 1 aliphatic carbocycles. The number of anilines is 8. The molecular weight excluding hydrogens is 1260 g/mol. The van der Waals surface area contributed by atoms with Gasteiger partial charge in [-0.3, -0.25) is 0 Å². The summed E-state index contributed by atoms with van der Waals surface area (Å²) >= 11 is 0. The van der Waals surface area contributed by atoms with Crippen LogP contribution in [0.15, 0.2) is 340 Å². The molecule has 0 aliphatic heterocycles. The second-order valence-corrected chi connectivity index (χ2v) is 25.7. The highest BCUT2D eigenvalue weighted by Gasteiger charge is 2.45. The average molecular weight is 1350 g/mol. The van der Waals surface area contributed by atoms with E-state index in [0.717, 1.165) is 90.4 Å². The van der Waals surface area contributed by atoms with Crippen LogP contribution >= 0.6 is 0 Å². The zero-order valence-electron chi connectivity index (χ0n) is 59.1. The van der Waals surface area contributed by atoms with Gasteiger partial charge in [0.1, 0.15) is 19.3 Å². The van der Waals surface area contributed by atoms with Crippen molar-refractivity contribution in [1.82, 2.24) is 0 Å². The van der Waals surface area contributed by atoms with Crippen LogP contribution in [0.25, 0.3) is 43.8 Å². The molecule has 9 nitrogen and oxygen atoms in total. The molecule has 16 rings (SSSR count). The number of nitrogen functional groups attached to an aromatic ring is 8. The van der Waals surface area contributed by atoms with Crippen LogP contribution in [-0.2, 0) is 11.8 Å². The molecule has 0 saturated heterocycles. The minimum Gasteiger partial charge on any atom is -0.457 e. The van der Waals surface area contributed by atoms with E-state index in [0.29, 0.717) is 0 Å². The lowest BCUT2D eigenvalue weighted by Crippen LogP contribution is -2.28. The topological polar surface area (TPSA) is 217 Å². The Morgan fingerprint density at radius 3 is 1.01 bits per heavy atom. The average Bonchev–Trinajstić information content (AvgIpc) is 1.52. The maximum absolute atomic E-state index is 6.02. The van der Waals surface area contributed by atoms with Crippen LogP contribution in [0.5, 0.6) is 11.5 Å². The number of aryl methyl sites for hydroxylation is 5. The van der Waals surface area contributed by atoms with Gasteiger partial charge in [0.15, 0.2) is 0 Å². The third kappa shape index (κ3) is 19.3. The quantitative estimate of drug-likeness (QED) is 0.0562. The Morgan fingerprint density at radius 1 is 0.282 bits per heavy atom. The first-order chi connectivity index (χ1) is 49.8. The summed E-state index contributed by atoms with van der Waals surface area (Å²) in [4.78, 5) is 0. The van der Waals surface area contributed by atoms with E-state index in [-0.39, 0.29) is 5.41 Å². The van der Waals surface area contributed by atoms with Crippen molar-refractivity contribution in [3.8, 4) is 33.8 Å². The van der Waals surface area contributed by atoms with Crippen molar-refractivity contribution in [3.05, 3.63) is 401 Å². The Bertz CT molecular complexity index is 4770. The number of nitrogens with two attached hydrogens (primary N) is 8. The van der Waals surface area contributed by atoms with Gasteiger partial charge in [-0.05, 0) is 199 Å². The van der Waals surface area contributed by atoms with Crippen LogP contribution < -0.4 is 56.1 Å². The number of hydrogen-bond acceptors (Lipinski definition) is 9. The van der Waals surface area contributed by atoms with E-state index in [4.69, 9.17) is 58.5 Å². The molecular formula is C93H89BN8O.